The van der Waals surface area contributed by atoms with Gasteiger partial charge in [0.15, 0.2) is 11.6 Å². The van der Waals surface area contributed by atoms with E-state index in [2.05, 4.69) is 20.2 Å². The van der Waals surface area contributed by atoms with E-state index in [9.17, 15) is 10.1 Å². The lowest BCUT2D eigenvalue weighted by Gasteiger charge is -2.14. The standard InChI is InChI=1S/C11H11N7O3/c1-7-13-8(15-21-7)6-16(2)10-4-3-9-12-5-11(18(19)20)17(9)14-10/h3-5H,6H2,1-2H3. The van der Waals surface area contributed by atoms with Gasteiger partial charge in [0.25, 0.3) is 0 Å². The van der Waals surface area contributed by atoms with E-state index in [-0.39, 0.29) is 5.82 Å². The van der Waals surface area contributed by atoms with Crippen LogP contribution >= 0.6 is 0 Å². The molecule has 0 unspecified atom stereocenters. The van der Waals surface area contributed by atoms with E-state index in [4.69, 9.17) is 4.52 Å². The fourth-order valence-electron chi connectivity index (χ4n) is 1.88. The molecule has 0 radical (unpaired) electrons. The SMILES string of the molecule is Cc1nc(CN(C)c2ccc3ncc([N+](=O)[O-])n3n2)no1. The molecule has 0 N–H and O–H groups in total. The highest BCUT2D eigenvalue weighted by Gasteiger charge is 2.17. The van der Waals surface area contributed by atoms with Crippen molar-refractivity contribution in [1.29, 1.82) is 0 Å². The van der Waals surface area contributed by atoms with Crippen LogP contribution in [0.1, 0.15) is 11.7 Å². The lowest BCUT2D eigenvalue weighted by Crippen LogP contribution is -2.19. The molecule has 0 aliphatic heterocycles. The molecule has 3 rings (SSSR count). The Kier molecular flexibility index (Phi) is 2.97. The van der Waals surface area contributed by atoms with Gasteiger partial charge < -0.3 is 19.5 Å². The highest BCUT2D eigenvalue weighted by atomic mass is 16.6. The summed E-state index contributed by atoms with van der Waals surface area (Å²) >= 11 is 0. The Bertz CT molecular complexity index is 809. The second kappa shape index (κ2) is 4.81. The monoisotopic (exact) mass is 289 g/mol. The van der Waals surface area contributed by atoms with Crippen LogP contribution < -0.4 is 4.90 Å². The van der Waals surface area contributed by atoms with E-state index in [1.807, 2.05) is 0 Å². The van der Waals surface area contributed by atoms with Crippen LogP contribution in [0.25, 0.3) is 5.65 Å². The van der Waals surface area contributed by atoms with Crippen LogP contribution in [-0.4, -0.2) is 36.7 Å². The summed E-state index contributed by atoms with van der Waals surface area (Å²) < 4.78 is 6.08. The Hall–Kier alpha value is -3.04. The number of aryl methyl sites for hydroxylation is 1. The van der Waals surface area contributed by atoms with Crippen LogP contribution in [0.5, 0.6) is 0 Å². The minimum atomic E-state index is -0.528. The lowest BCUT2D eigenvalue weighted by atomic mass is 10.4. The molecule has 0 atom stereocenters. The van der Waals surface area contributed by atoms with Crippen molar-refractivity contribution >= 4 is 17.3 Å². The van der Waals surface area contributed by atoms with Gasteiger partial charge in [0.05, 0.1) is 6.54 Å². The second-order valence-corrected chi connectivity index (χ2v) is 4.42. The minimum Gasteiger partial charge on any atom is -0.358 e. The number of fused-ring (bicyclic) bond motifs is 1. The molecular formula is C11H11N7O3. The quantitative estimate of drug-likeness (QED) is 0.515. The summed E-state index contributed by atoms with van der Waals surface area (Å²) in [5, 5.41) is 18.9. The molecule has 0 spiro atoms. The fraction of sp³-hybridized carbons (Fsp3) is 0.273. The highest BCUT2D eigenvalue weighted by molar-refractivity contribution is 5.48. The molecule has 3 aromatic heterocycles. The Morgan fingerprint density at radius 2 is 2.29 bits per heavy atom. The molecule has 0 aromatic carbocycles. The Morgan fingerprint density at radius 1 is 1.48 bits per heavy atom. The molecular weight excluding hydrogens is 278 g/mol. The molecule has 10 heteroatoms. The summed E-state index contributed by atoms with van der Waals surface area (Å²) in [6.45, 7) is 2.08. The van der Waals surface area contributed by atoms with E-state index in [1.54, 1.807) is 31.0 Å². The average Bonchev–Trinajstić information content (AvgIpc) is 3.04. The molecule has 0 aliphatic carbocycles. The average molecular weight is 289 g/mol. The molecule has 3 aromatic rings. The van der Waals surface area contributed by atoms with E-state index in [0.29, 0.717) is 29.7 Å². The smallest absolute Gasteiger partial charge is 0.358 e. The van der Waals surface area contributed by atoms with Crippen molar-refractivity contribution < 1.29 is 9.45 Å². The lowest BCUT2D eigenvalue weighted by molar-refractivity contribution is -0.391. The number of imidazole rings is 1. The van der Waals surface area contributed by atoms with Gasteiger partial charge in [-0.1, -0.05) is 14.8 Å². The van der Waals surface area contributed by atoms with Crippen molar-refractivity contribution in [2.75, 3.05) is 11.9 Å². The number of nitrogens with zero attached hydrogens (tertiary/aromatic N) is 7. The first kappa shape index (κ1) is 13.0. The summed E-state index contributed by atoms with van der Waals surface area (Å²) in [5.74, 6) is 1.34. The molecule has 0 fully saturated rings. The summed E-state index contributed by atoms with van der Waals surface area (Å²) in [4.78, 5) is 20.2. The van der Waals surface area contributed by atoms with Crippen molar-refractivity contribution in [2.45, 2.75) is 13.5 Å². The molecule has 108 valence electrons. The number of rotatable bonds is 4. The van der Waals surface area contributed by atoms with Crippen LogP contribution in [0, 0.1) is 17.0 Å². The summed E-state index contributed by atoms with van der Waals surface area (Å²) in [5.41, 5.74) is 0.411. The van der Waals surface area contributed by atoms with Crippen LogP contribution in [-0.2, 0) is 6.54 Å². The zero-order valence-electron chi connectivity index (χ0n) is 11.3. The predicted octanol–water partition coefficient (Wildman–Crippen LogP) is 0.965. The van der Waals surface area contributed by atoms with Crippen molar-refractivity contribution in [2.24, 2.45) is 0 Å². The number of nitro groups is 1. The molecule has 3 heterocycles. The predicted molar refractivity (Wildman–Crippen MR) is 70.8 cm³/mol. The number of hydrogen-bond donors (Lipinski definition) is 0. The van der Waals surface area contributed by atoms with Crippen molar-refractivity contribution in [3.05, 3.63) is 40.2 Å². The third-order valence-electron chi connectivity index (χ3n) is 2.86. The van der Waals surface area contributed by atoms with Crippen molar-refractivity contribution in [3.63, 3.8) is 0 Å². The normalized spacial score (nSPS) is 11.0. The fourth-order valence-corrected chi connectivity index (χ4v) is 1.88. The van der Waals surface area contributed by atoms with Gasteiger partial charge in [-0.05, 0) is 11.0 Å². The summed E-state index contributed by atoms with van der Waals surface area (Å²) in [6.07, 6.45) is 1.18. The van der Waals surface area contributed by atoms with Crippen LogP contribution in [0.3, 0.4) is 0 Å². The second-order valence-electron chi connectivity index (χ2n) is 4.42. The zero-order valence-corrected chi connectivity index (χ0v) is 11.3. The van der Waals surface area contributed by atoms with Gasteiger partial charge in [0.1, 0.15) is 6.20 Å². The van der Waals surface area contributed by atoms with Gasteiger partial charge in [0.2, 0.25) is 11.5 Å². The van der Waals surface area contributed by atoms with Crippen molar-refractivity contribution in [1.82, 2.24) is 24.7 Å². The largest absolute Gasteiger partial charge is 0.368 e. The van der Waals surface area contributed by atoms with E-state index in [1.165, 1.54) is 10.7 Å². The van der Waals surface area contributed by atoms with Crippen molar-refractivity contribution in [3.8, 4) is 0 Å². The number of anilines is 1. The Morgan fingerprint density at radius 3 is 2.95 bits per heavy atom. The molecule has 10 nitrogen and oxygen atoms in total. The van der Waals surface area contributed by atoms with Crippen LogP contribution in [0.2, 0.25) is 0 Å². The first-order chi connectivity index (χ1) is 10.0. The zero-order chi connectivity index (χ0) is 15.0. The number of hydrogen-bond acceptors (Lipinski definition) is 8. The molecule has 0 aliphatic rings. The van der Waals surface area contributed by atoms with Gasteiger partial charge in [-0.15, -0.1) is 0 Å². The summed E-state index contributed by atoms with van der Waals surface area (Å²) in [7, 11) is 1.78. The highest BCUT2D eigenvalue weighted by Crippen LogP contribution is 2.17. The first-order valence-corrected chi connectivity index (χ1v) is 6.04. The van der Waals surface area contributed by atoms with E-state index >= 15 is 0 Å². The molecule has 0 saturated carbocycles. The number of aromatic nitrogens is 5. The van der Waals surface area contributed by atoms with Crippen LogP contribution in [0.15, 0.2) is 22.9 Å². The molecule has 21 heavy (non-hydrogen) atoms. The Balaban J connectivity index is 1.92. The molecule has 0 amide bonds. The van der Waals surface area contributed by atoms with Gasteiger partial charge in [-0.25, -0.2) is 4.98 Å². The van der Waals surface area contributed by atoms with Gasteiger partial charge in [-0.3, -0.25) is 0 Å². The maximum Gasteiger partial charge on any atom is 0.368 e. The first-order valence-electron chi connectivity index (χ1n) is 6.04. The maximum absolute atomic E-state index is 10.9. The summed E-state index contributed by atoms with van der Waals surface area (Å²) in [6, 6.07) is 3.38. The van der Waals surface area contributed by atoms with Gasteiger partial charge in [0, 0.05) is 20.0 Å². The topological polar surface area (TPSA) is 115 Å². The minimum absolute atomic E-state index is 0.185. The van der Waals surface area contributed by atoms with Gasteiger partial charge >= 0.3 is 5.82 Å². The third kappa shape index (κ3) is 2.38. The molecule has 0 bridgehead atoms. The Labute approximate surface area is 118 Å². The van der Waals surface area contributed by atoms with Gasteiger partial charge in [-0.2, -0.15) is 4.98 Å². The molecule has 0 saturated heterocycles. The maximum atomic E-state index is 10.9. The van der Waals surface area contributed by atoms with E-state index in [0.717, 1.165) is 0 Å². The van der Waals surface area contributed by atoms with Crippen LogP contribution in [0.4, 0.5) is 11.6 Å². The van der Waals surface area contributed by atoms with E-state index < -0.39 is 4.92 Å². The third-order valence-corrected chi connectivity index (χ3v) is 2.86.